The summed E-state index contributed by atoms with van der Waals surface area (Å²) in [6, 6.07) is 87.7. The van der Waals surface area contributed by atoms with Crippen molar-refractivity contribution in [1.82, 2.24) is 0 Å². The van der Waals surface area contributed by atoms with Crippen molar-refractivity contribution >= 4 is 99.5 Å². The summed E-state index contributed by atoms with van der Waals surface area (Å²) in [5.74, 6) is 0.975. The van der Waals surface area contributed by atoms with Crippen molar-refractivity contribution in [2.45, 2.75) is 109 Å². The van der Waals surface area contributed by atoms with E-state index in [0.717, 1.165) is 72.6 Å². The highest BCUT2D eigenvalue weighted by atomic mass is 16.3. The number of rotatable bonds is 10. The van der Waals surface area contributed by atoms with Crippen molar-refractivity contribution in [3.8, 4) is 11.1 Å². The number of fused-ring (bicyclic) bond motifs is 13. The van der Waals surface area contributed by atoms with Gasteiger partial charge in [0.05, 0.1) is 28.2 Å². The number of benzene rings is 12. The second-order valence-corrected chi connectivity index (χ2v) is 26.1. The molecule has 2 aromatic heterocycles. The van der Waals surface area contributed by atoms with E-state index in [1.165, 1.54) is 158 Å². The van der Waals surface area contributed by atoms with E-state index in [0.29, 0.717) is 11.8 Å². The van der Waals surface area contributed by atoms with Crippen LogP contribution in [0.25, 0.3) is 76.5 Å². The normalized spacial score (nSPS) is 15.2. The molecule has 4 nitrogen and oxygen atoms in total. The van der Waals surface area contributed by atoms with Crippen molar-refractivity contribution in [1.29, 1.82) is 0 Å². The second kappa shape index (κ2) is 21.3. The van der Waals surface area contributed by atoms with Crippen molar-refractivity contribution in [3.63, 3.8) is 0 Å². The fourth-order valence-electron chi connectivity index (χ4n) is 16.8. The summed E-state index contributed by atoms with van der Waals surface area (Å²) in [6.07, 6.45) is 12.5. The third-order valence-corrected chi connectivity index (χ3v) is 20.9. The maximum atomic E-state index is 7.48. The van der Waals surface area contributed by atoms with Crippen LogP contribution >= 0.6 is 0 Å². The number of furan rings is 2. The van der Waals surface area contributed by atoms with Crippen molar-refractivity contribution in [2.75, 3.05) is 9.80 Å². The summed E-state index contributed by atoms with van der Waals surface area (Å²) in [4.78, 5) is 5.07. The summed E-state index contributed by atoms with van der Waals surface area (Å²) in [7, 11) is 0. The lowest BCUT2D eigenvalue weighted by Gasteiger charge is -2.36. The molecule has 3 aliphatic carbocycles. The third kappa shape index (κ3) is 8.39. The average molecular weight is 1150 g/mol. The predicted molar refractivity (Wildman–Crippen MR) is 373 cm³/mol. The van der Waals surface area contributed by atoms with Gasteiger partial charge in [0, 0.05) is 43.7 Å². The molecule has 434 valence electrons. The Bertz CT molecular complexity index is 5050. The van der Waals surface area contributed by atoms with Crippen LogP contribution in [0.3, 0.4) is 0 Å². The molecule has 89 heavy (non-hydrogen) atoms. The highest BCUT2D eigenvalue weighted by molar-refractivity contribution is 6.20. The molecular weight excluding hydrogens is 1080 g/mol. The number of aryl methyl sites for hydroxylation is 4. The van der Waals surface area contributed by atoms with Crippen LogP contribution in [-0.2, 0) is 5.41 Å². The predicted octanol–water partition coefficient (Wildman–Crippen LogP) is 24.4. The van der Waals surface area contributed by atoms with Crippen LogP contribution in [-0.4, -0.2) is 0 Å². The zero-order valence-corrected chi connectivity index (χ0v) is 51.4. The van der Waals surface area contributed by atoms with Crippen molar-refractivity contribution in [2.24, 2.45) is 0 Å². The molecule has 0 saturated heterocycles. The van der Waals surface area contributed by atoms with Gasteiger partial charge < -0.3 is 18.6 Å². The Kier molecular flexibility index (Phi) is 12.8. The maximum Gasteiger partial charge on any atom is 0.159 e. The first kappa shape index (κ1) is 53.6. The van der Waals surface area contributed by atoms with Gasteiger partial charge in [0.15, 0.2) is 11.2 Å². The van der Waals surface area contributed by atoms with Gasteiger partial charge >= 0.3 is 0 Å². The molecule has 0 spiro atoms. The summed E-state index contributed by atoms with van der Waals surface area (Å²) in [6.45, 7) is 8.92. The van der Waals surface area contributed by atoms with Gasteiger partial charge in [0.2, 0.25) is 0 Å². The van der Waals surface area contributed by atoms with Crippen LogP contribution < -0.4 is 9.80 Å². The first-order valence-corrected chi connectivity index (χ1v) is 32.7. The lowest BCUT2D eigenvalue weighted by molar-refractivity contribution is 0.442. The number of hydrogen-bond donors (Lipinski definition) is 0. The van der Waals surface area contributed by atoms with E-state index in [4.69, 9.17) is 8.83 Å². The molecule has 2 heterocycles. The number of hydrogen-bond acceptors (Lipinski definition) is 4. The Morgan fingerprint density at radius 2 is 0.719 bits per heavy atom. The van der Waals surface area contributed by atoms with Gasteiger partial charge in [-0.05, 0) is 191 Å². The third-order valence-electron chi connectivity index (χ3n) is 20.9. The van der Waals surface area contributed by atoms with Gasteiger partial charge in [-0.2, -0.15) is 0 Å². The Morgan fingerprint density at radius 3 is 1.18 bits per heavy atom. The smallest absolute Gasteiger partial charge is 0.159 e. The van der Waals surface area contributed by atoms with Gasteiger partial charge in [-0.25, -0.2) is 0 Å². The van der Waals surface area contributed by atoms with Crippen LogP contribution in [0.2, 0.25) is 0 Å². The quantitative estimate of drug-likeness (QED) is 0.137. The van der Waals surface area contributed by atoms with Crippen LogP contribution in [0.4, 0.5) is 34.1 Å². The van der Waals surface area contributed by atoms with E-state index in [1.54, 1.807) is 0 Å². The molecule has 0 atom stereocenters. The number of nitrogens with zero attached hydrogens (tertiary/aromatic N) is 2. The summed E-state index contributed by atoms with van der Waals surface area (Å²) >= 11 is 0. The van der Waals surface area contributed by atoms with E-state index >= 15 is 0 Å². The Balaban J connectivity index is 0.984. The molecule has 17 rings (SSSR count). The molecule has 2 fully saturated rings. The minimum Gasteiger partial charge on any atom is -0.454 e. The first-order chi connectivity index (χ1) is 43.8. The molecule has 2 saturated carbocycles. The topological polar surface area (TPSA) is 32.8 Å². The SMILES string of the molecule is Cc1cc(C)cc(N(c2cc3c(c4ccccc24)-c2c(cc(N(c4ccc(C)c(C)c4)c4cccc5c4oc4c(C6CCCCC6)cccc45)c4ccccc24)C3(c2ccccc2)c2ccccc2)c2cccc3c2oc2c(C4CCCCC4)cccc23)c1. The van der Waals surface area contributed by atoms with Gasteiger partial charge in [-0.1, -0.05) is 221 Å². The average Bonchev–Trinajstić information content (AvgIpc) is 1.53. The fraction of sp³-hybridized carbons (Fsp3) is 0.200. The zero-order valence-electron chi connectivity index (χ0n) is 51.4. The molecule has 14 aromatic rings. The Hall–Kier alpha value is -9.64. The largest absolute Gasteiger partial charge is 0.454 e. The van der Waals surface area contributed by atoms with E-state index in [9.17, 15) is 0 Å². The minimum atomic E-state index is -0.825. The second-order valence-electron chi connectivity index (χ2n) is 26.1. The minimum absolute atomic E-state index is 0.487. The standard InChI is InChI=1S/C85H72N2O2/c1-53-47-54(2)49-62(48-53)87(76-44-24-42-72-70-40-22-38-64(82(70)89-84(72)76)58-27-11-6-12-28-58)78-52-74-80(68-36-20-18-34-66(68)78)79-67-35-19-17-33-65(67)77(51-73(79)85(74,59-29-13-7-14-30-59)60-31-15-8-16-32-60)86(61-46-45-55(3)56(4)50-61)75-43-23-41-71-69-39-21-37-63(81(69)88-83(71)75)57-25-9-5-10-26-57/h7-8,13-24,29-52,57-58H,5-6,9-12,25-28H2,1-4H3. The van der Waals surface area contributed by atoms with E-state index in [2.05, 4.69) is 268 Å². The molecule has 0 aliphatic heterocycles. The van der Waals surface area contributed by atoms with Crippen molar-refractivity contribution in [3.05, 3.63) is 286 Å². The van der Waals surface area contributed by atoms with Crippen LogP contribution in [0.15, 0.2) is 239 Å². The maximum absolute atomic E-state index is 7.48. The van der Waals surface area contributed by atoms with Gasteiger partial charge in [-0.15, -0.1) is 0 Å². The van der Waals surface area contributed by atoms with Gasteiger partial charge in [0.1, 0.15) is 11.2 Å². The van der Waals surface area contributed by atoms with Gasteiger partial charge in [-0.3, -0.25) is 0 Å². The first-order valence-electron chi connectivity index (χ1n) is 32.7. The van der Waals surface area contributed by atoms with E-state index in [1.807, 2.05) is 0 Å². The van der Waals surface area contributed by atoms with Crippen molar-refractivity contribution < 1.29 is 8.83 Å². The molecule has 0 amide bonds. The molecular formula is C85H72N2O2. The highest BCUT2D eigenvalue weighted by Crippen LogP contribution is 2.63. The summed E-state index contributed by atoms with van der Waals surface area (Å²) < 4.78 is 15.0. The van der Waals surface area contributed by atoms with Crippen LogP contribution in [0.1, 0.15) is 132 Å². The lowest BCUT2D eigenvalue weighted by Crippen LogP contribution is -2.29. The fourth-order valence-corrected chi connectivity index (χ4v) is 16.8. The van der Waals surface area contributed by atoms with Gasteiger partial charge in [0.25, 0.3) is 0 Å². The molecule has 4 heteroatoms. The monoisotopic (exact) mass is 1150 g/mol. The number of para-hydroxylation sites is 4. The lowest BCUT2D eigenvalue weighted by atomic mass is 9.67. The molecule has 0 N–H and O–H groups in total. The van der Waals surface area contributed by atoms with E-state index < -0.39 is 5.41 Å². The molecule has 3 aliphatic rings. The van der Waals surface area contributed by atoms with E-state index in [-0.39, 0.29) is 0 Å². The molecule has 0 radical (unpaired) electrons. The summed E-state index contributed by atoms with van der Waals surface area (Å²) in [5, 5.41) is 9.38. The molecule has 12 aromatic carbocycles. The Labute approximate surface area is 521 Å². The number of anilines is 6. The van der Waals surface area contributed by atoms with Crippen LogP contribution in [0.5, 0.6) is 0 Å². The highest BCUT2D eigenvalue weighted by Gasteiger charge is 2.49. The summed E-state index contributed by atoms with van der Waals surface area (Å²) in [5.41, 5.74) is 24.4. The molecule has 0 bridgehead atoms. The van der Waals surface area contributed by atoms with Crippen LogP contribution in [0, 0.1) is 27.7 Å². The Morgan fingerprint density at radius 1 is 0.315 bits per heavy atom. The zero-order chi connectivity index (χ0) is 59.5. The molecule has 0 unspecified atom stereocenters.